The Bertz CT molecular complexity index is 373. The molecule has 1 unspecified atom stereocenters. The number of ether oxygens (including phenoxy) is 1. The van der Waals surface area contributed by atoms with Crippen LogP contribution in [0.1, 0.15) is 46.2 Å². The number of nitrogens with zero attached hydrogens (tertiary/aromatic N) is 1. The molecule has 1 N–H and O–H groups in total. The molecule has 114 valence electrons. The van der Waals surface area contributed by atoms with Gasteiger partial charge < -0.3 is 15.0 Å². The first-order valence-corrected chi connectivity index (χ1v) is 7.60. The second-order valence-corrected chi connectivity index (χ2v) is 5.99. The lowest BCUT2D eigenvalue weighted by atomic mass is 10.1. The smallest absolute Gasteiger partial charge is 0.119 e. The summed E-state index contributed by atoms with van der Waals surface area (Å²) in [7, 11) is 2.16. The van der Waals surface area contributed by atoms with Crippen LogP contribution in [0.3, 0.4) is 0 Å². The largest absolute Gasteiger partial charge is 0.491 e. The minimum absolute atomic E-state index is 0.225. The van der Waals surface area contributed by atoms with Crippen LogP contribution in [0.5, 0.6) is 5.75 Å². The molecule has 0 aliphatic heterocycles. The molecule has 20 heavy (non-hydrogen) atoms. The van der Waals surface area contributed by atoms with E-state index in [1.807, 2.05) is 26.0 Å². The summed E-state index contributed by atoms with van der Waals surface area (Å²) in [5.74, 6) is 0.940. The third-order valence-corrected chi connectivity index (χ3v) is 3.55. The average Bonchev–Trinajstić information content (AvgIpc) is 2.38. The Morgan fingerprint density at radius 3 is 2.15 bits per heavy atom. The van der Waals surface area contributed by atoms with Gasteiger partial charge in [-0.1, -0.05) is 12.1 Å². The van der Waals surface area contributed by atoms with Crippen LogP contribution < -0.4 is 10.1 Å². The van der Waals surface area contributed by atoms with Crippen LogP contribution in [-0.2, 0) is 0 Å². The van der Waals surface area contributed by atoms with Crippen LogP contribution in [0.15, 0.2) is 24.3 Å². The van der Waals surface area contributed by atoms with Crippen molar-refractivity contribution in [2.75, 3.05) is 20.1 Å². The maximum atomic E-state index is 5.66. The maximum absolute atomic E-state index is 5.66. The standard InChI is InChI=1S/C17H30N2O/c1-13(2)19(6)12-11-18-15(5)16-7-9-17(10-8-16)20-14(3)4/h7-10,13-15,18H,11-12H2,1-6H3. The van der Waals surface area contributed by atoms with Gasteiger partial charge >= 0.3 is 0 Å². The van der Waals surface area contributed by atoms with E-state index in [1.165, 1.54) is 5.56 Å². The molecule has 0 saturated carbocycles. The lowest BCUT2D eigenvalue weighted by molar-refractivity contribution is 0.242. The van der Waals surface area contributed by atoms with Gasteiger partial charge in [0.1, 0.15) is 5.75 Å². The number of likely N-dealkylation sites (N-methyl/N-ethyl adjacent to an activating group) is 1. The van der Waals surface area contributed by atoms with Crippen molar-refractivity contribution in [2.24, 2.45) is 0 Å². The molecular formula is C17H30N2O. The summed E-state index contributed by atoms with van der Waals surface area (Å²) in [6.45, 7) is 12.8. The Kier molecular flexibility index (Phi) is 7.03. The Hall–Kier alpha value is -1.06. The summed E-state index contributed by atoms with van der Waals surface area (Å²) in [5, 5.41) is 3.56. The zero-order valence-corrected chi connectivity index (χ0v) is 13.8. The molecule has 1 aromatic carbocycles. The van der Waals surface area contributed by atoms with Gasteiger partial charge in [0.25, 0.3) is 0 Å². The van der Waals surface area contributed by atoms with Crippen molar-refractivity contribution in [2.45, 2.75) is 52.8 Å². The number of hydrogen-bond donors (Lipinski definition) is 1. The fourth-order valence-electron chi connectivity index (χ4n) is 1.94. The molecule has 3 nitrogen and oxygen atoms in total. The molecule has 1 aromatic rings. The van der Waals surface area contributed by atoms with Crippen LogP contribution >= 0.6 is 0 Å². The van der Waals surface area contributed by atoms with Crippen molar-refractivity contribution < 1.29 is 4.74 Å². The quantitative estimate of drug-likeness (QED) is 0.788. The highest BCUT2D eigenvalue weighted by Gasteiger charge is 2.07. The van der Waals surface area contributed by atoms with E-state index in [0.717, 1.165) is 18.8 Å². The highest BCUT2D eigenvalue weighted by atomic mass is 16.5. The van der Waals surface area contributed by atoms with Crippen LogP contribution in [0.2, 0.25) is 0 Å². The van der Waals surface area contributed by atoms with Crippen LogP contribution in [0.25, 0.3) is 0 Å². The van der Waals surface area contributed by atoms with Gasteiger partial charge in [-0.25, -0.2) is 0 Å². The summed E-state index contributed by atoms with van der Waals surface area (Å²) < 4.78 is 5.66. The van der Waals surface area contributed by atoms with Crippen LogP contribution in [-0.4, -0.2) is 37.2 Å². The van der Waals surface area contributed by atoms with E-state index in [9.17, 15) is 0 Å². The van der Waals surface area contributed by atoms with E-state index in [4.69, 9.17) is 4.74 Å². The highest BCUT2D eigenvalue weighted by molar-refractivity contribution is 5.29. The molecule has 1 atom stereocenters. The van der Waals surface area contributed by atoms with Gasteiger partial charge in [-0.05, 0) is 59.4 Å². The van der Waals surface area contributed by atoms with Gasteiger partial charge in [0.2, 0.25) is 0 Å². The normalized spacial score (nSPS) is 13.2. The van der Waals surface area contributed by atoms with E-state index in [1.54, 1.807) is 0 Å². The predicted molar refractivity (Wildman–Crippen MR) is 86.4 cm³/mol. The summed E-state index contributed by atoms with van der Waals surface area (Å²) in [6, 6.07) is 9.34. The molecule has 0 amide bonds. The number of hydrogen-bond acceptors (Lipinski definition) is 3. The van der Waals surface area contributed by atoms with E-state index < -0.39 is 0 Å². The monoisotopic (exact) mass is 278 g/mol. The van der Waals surface area contributed by atoms with Crippen molar-refractivity contribution >= 4 is 0 Å². The summed E-state index contributed by atoms with van der Waals surface area (Å²) in [6.07, 6.45) is 0.225. The molecule has 0 aromatic heterocycles. The number of rotatable bonds is 8. The van der Waals surface area contributed by atoms with Gasteiger partial charge in [0.15, 0.2) is 0 Å². The number of nitrogens with one attached hydrogen (secondary N) is 1. The van der Waals surface area contributed by atoms with Crippen LogP contribution in [0.4, 0.5) is 0 Å². The third kappa shape index (κ3) is 5.93. The van der Waals surface area contributed by atoms with Gasteiger partial charge in [0.05, 0.1) is 6.10 Å². The topological polar surface area (TPSA) is 24.5 Å². The molecule has 0 bridgehead atoms. The molecule has 0 fully saturated rings. The first-order valence-electron chi connectivity index (χ1n) is 7.60. The second kappa shape index (κ2) is 8.28. The first-order chi connectivity index (χ1) is 9.40. The highest BCUT2D eigenvalue weighted by Crippen LogP contribution is 2.18. The Morgan fingerprint density at radius 2 is 1.65 bits per heavy atom. The van der Waals surface area contributed by atoms with Crippen molar-refractivity contribution in [1.29, 1.82) is 0 Å². The zero-order chi connectivity index (χ0) is 15.1. The molecule has 0 saturated heterocycles. The molecule has 0 aliphatic rings. The van der Waals surface area contributed by atoms with Gasteiger partial charge in [0, 0.05) is 25.2 Å². The summed E-state index contributed by atoms with van der Waals surface area (Å²) in [4.78, 5) is 2.35. The van der Waals surface area contributed by atoms with E-state index >= 15 is 0 Å². The molecular weight excluding hydrogens is 248 g/mol. The maximum Gasteiger partial charge on any atom is 0.119 e. The second-order valence-electron chi connectivity index (χ2n) is 5.99. The molecule has 1 rings (SSSR count). The Morgan fingerprint density at radius 1 is 1.05 bits per heavy atom. The minimum atomic E-state index is 0.225. The number of benzene rings is 1. The SMILES string of the molecule is CC(C)Oc1ccc(C(C)NCCN(C)C(C)C)cc1. The fourth-order valence-corrected chi connectivity index (χ4v) is 1.94. The van der Waals surface area contributed by atoms with Crippen LogP contribution in [0, 0.1) is 0 Å². The Labute approximate surface area is 124 Å². The minimum Gasteiger partial charge on any atom is -0.491 e. The summed E-state index contributed by atoms with van der Waals surface area (Å²) >= 11 is 0. The third-order valence-electron chi connectivity index (χ3n) is 3.55. The van der Waals surface area contributed by atoms with Gasteiger partial charge in [-0.3, -0.25) is 0 Å². The molecule has 3 heteroatoms. The fraction of sp³-hybridized carbons (Fsp3) is 0.647. The van der Waals surface area contributed by atoms with Crippen molar-refractivity contribution in [3.8, 4) is 5.75 Å². The van der Waals surface area contributed by atoms with E-state index in [0.29, 0.717) is 12.1 Å². The van der Waals surface area contributed by atoms with Crippen molar-refractivity contribution in [3.05, 3.63) is 29.8 Å². The van der Waals surface area contributed by atoms with Gasteiger partial charge in [-0.15, -0.1) is 0 Å². The lowest BCUT2D eigenvalue weighted by Gasteiger charge is -2.22. The Balaban J connectivity index is 2.41. The zero-order valence-electron chi connectivity index (χ0n) is 13.8. The predicted octanol–water partition coefficient (Wildman–Crippen LogP) is 3.46. The average molecular weight is 278 g/mol. The molecule has 0 aliphatic carbocycles. The van der Waals surface area contributed by atoms with Crippen molar-refractivity contribution in [1.82, 2.24) is 10.2 Å². The molecule has 0 spiro atoms. The van der Waals surface area contributed by atoms with E-state index in [-0.39, 0.29) is 6.10 Å². The molecule has 0 heterocycles. The van der Waals surface area contributed by atoms with E-state index in [2.05, 4.69) is 50.2 Å². The first kappa shape index (κ1) is 17.0. The molecule has 0 radical (unpaired) electrons. The lowest BCUT2D eigenvalue weighted by Crippen LogP contribution is -2.34. The van der Waals surface area contributed by atoms with Crippen molar-refractivity contribution in [3.63, 3.8) is 0 Å². The summed E-state index contributed by atoms with van der Waals surface area (Å²) in [5.41, 5.74) is 1.30. The van der Waals surface area contributed by atoms with Gasteiger partial charge in [-0.2, -0.15) is 0 Å².